The van der Waals surface area contributed by atoms with Gasteiger partial charge >= 0.3 is 6.09 Å². The zero-order chi connectivity index (χ0) is 16.5. The van der Waals surface area contributed by atoms with Gasteiger partial charge in [0.2, 0.25) is 5.78 Å². The molecule has 0 N–H and O–H groups in total. The van der Waals surface area contributed by atoms with Gasteiger partial charge in [-0.3, -0.25) is 14.5 Å². The molecule has 1 aliphatic heterocycles. The number of nitrogens with zero attached hydrogens (tertiary/aromatic N) is 1. The second-order valence-corrected chi connectivity index (χ2v) is 7.13. The highest BCUT2D eigenvalue weighted by Crippen LogP contribution is 2.29. The van der Waals surface area contributed by atoms with E-state index in [2.05, 4.69) is 0 Å². The molecule has 6 nitrogen and oxygen atoms in total. The molecule has 1 aliphatic carbocycles. The summed E-state index contributed by atoms with van der Waals surface area (Å²) in [5.74, 6) is -1.18. The summed E-state index contributed by atoms with van der Waals surface area (Å²) >= 11 is 0. The van der Waals surface area contributed by atoms with Crippen molar-refractivity contribution >= 4 is 17.7 Å². The number of carbonyl (C=O) groups excluding carboxylic acids is 3. The molecule has 0 radical (unpaired) electrons. The standard InChI is InChI=1S/C16H25NO5/c1-10-8-21-9-12(11-6-5-7-13(18)14(11)19)17(10)15(20)22-16(2,3)4/h10-12H,5-9H2,1-4H3. The summed E-state index contributed by atoms with van der Waals surface area (Å²) in [5.41, 5.74) is -0.605. The van der Waals surface area contributed by atoms with Crippen LogP contribution in [0.2, 0.25) is 0 Å². The fraction of sp³-hybridized carbons (Fsp3) is 0.812. The third-order valence-electron chi connectivity index (χ3n) is 4.08. The number of ether oxygens (including phenoxy) is 2. The van der Waals surface area contributed by atoms with Crippen LogP contribution in [0.5, 0.6) is 0 Å². The van der Waals surface area contributed by atoms with Crippen molar-refractivity contribution in [3.05, 3.63) is 0 Å². The van der Waals surface area contributed by atoms with Gasteiger partial charge in [0.15, 0.2) is 5.78 Å². The van der Waals surface area contributed by atoms with Crippen LogP contribution in [0.15, 0.2) is 0 Å². The molecule has 0 aromatic heterocycles. The Labute approximate surface area is 131 Å². The van der Waals surface area contributed by atoms with E-state index in [-0.39, 0.29) is 24.2 Å². The predicted molar refractivity (Wildman–Crippen MR) is 79.5 cm³/mol. The Kier molecular flexibility index (Phi) is 4.90. The van der Waals surface area contributed by atoms with Gasteiger partial charge in [-0.25, -0.2) is 4.79 Å². The molecule has 0 aromatic carbocycles. The minimum atomic E-state index is -0.605. The van der Waals surface area contributed by atoms with Gasteiger partial charge in [0.1, 0.15) is 5.60 Å². The number of hydrogen-bond acceptors (Lipinski definition) is 5. The molecule has 124 valence electrons. The highest BCUT2D eigenvalue weighted by Gasteiger charge is 2.44. The molecule has 2 fully saturated rings. The first kappa shape index (κ1) is 16.9. The van der Waals surface area contributed by atoms with Crippen molar-refractivity contribution in [3.63, 3.8) is 0 Å². The first-order valence-corrected chi connectivity index (χ1v) is 7.87. The maximum atomic E-state index is 12.5. The Balaban J connectivity index is 2.21. The van der Waals surface area contributed by atoms with Crippen molar-refractivity contribution in [3.8, 4) is 0 Å². The maximum absolute atomic E-state index is 12.5. The maximum Gasteiger partial charge on any atom is 0.410 e. The highest BCUT2D eigenvalue weighted by atomic mass is 16.6. The molecule has 22 heavy (non-hydrogen) atoms. The summed E-state index contributed by atoms with van der Waals surface area (Å²) in [6, 6.07) is -0.603. The van der Waals surface area contributed by atoms with Crippen LogP contribution in [0, 0.1) is 5.92 Å². The topological polar surface area (TPSA) is 72.9 Å². The highest BCUT2D eigenvalue weighted by molar-refractivity contribution is 6.38. The fourth-order valence-electron chi connectivity index (χ4n) is 3.10. The van der Waals surface area contributed by atoms with E-state index in [1.54, 1.807) is 25.7 Å². The van der Waals surface area contributed by atoms with E-state index >= 15 is 0 Å². The molecule has 0 aromatic rings. The van der Waals surface area contributed by atoms with Gasteiger partial charge in [0, 0.05) is 12.3 Å². The zero-order valence-electron chi connectivity index (χ0n) is 13.8. The molecule has 2 aliphatic rings. The summed E-state index contributed by atoms with van der Waals surface area (Å²) < 4.78 is 11.0. The van der Waals surface area contributed by atoms with Gasteiger partial charge in [-0.15, -0.1) is 0 Å². The monoisotopic (exact) mass is 311 g/mol. The third kappa shape index (κ3) is 3.66. The quantitative estimate of drug-likeness (QED) is 0.692. The largest absolute Gasteiger partial charge is 0.444 e. The van der Waals surface area contributed by atoms with E-state index < -0.39 is 23.7 Å². The first-order valence-electron chi connectivity index (χ1n) is 7.87. The molecular weight excluding hydrogens is 286 g/mol. The van der Waals surface area contributed by atoms with Gasteiger partial charge in [0.25, 0.3) is 0 Å². The van der Waals surface area contributed by atoms with Crippen LogP contribution < -0.4 is 0 Å². The zero-order valence-corrected chi connectivity index (χ0v) is 13.8. The summed E-state index contributed by atoms with van der Waals surface area (Å²) in [7, 11) is 0. The van der Waals surface area contributed by atoms with E-state index in [1.807, 2.05) is 6.92 Å². The van der Waals surface area contributed by atoms with Crippen molar-refractivity contribution in [2.45, 2.75) is 64.6 Å². The minimum absolute atomic E-state index is 0.182. The lowest BCUT2D eigenvalue weighted by Gasteiger charge is -2.44. The van der Waals surface area contributed by atoms with Crippen LogP contribution in [-0.4, -0.2) is 53.5 Å². The van der Waals surface area contributed by atoms with E-state index in [1.165, 1.54) is 0 Å². The smallest absolute Gasteiger partial charge is 0.410 e. The number of Topliss-reactive ketones (excluding diaryl/α,β-unsaturated/α-hetero) is 2. The van der Waals surface area contributed by atoms with Crippen LogP contribution >= 0.6 is 0 Å². The molecule has 6 heteroatoms. The van der Waals surface area contributed by atoms with Gasteiger partial charge < -0.3 is 9.47 Å². The van der Waals surface area contributed by atoms with Crippen LogP contribution in [0.1, 0.15) is 47.0 Å². The summed E-state index contributed by atoms with van der Waals surface area (Å²) in [6.07, 6.45) is 1.16. The number of carbonyl (C=O) groups is 3. The van der Waals surface area contributed by atoms with Crippen molar-refractivity contribution in [2.24, 2.45) is 5.92 Å². The minimum Gasteiger partial charge on any atom is -0.444 e. The SMILES string of the molecule is CC1COCC(C2CCCC(=O)C2=O)N1C(=O)OC(C)(C)C. The summed E-state index contributed by atoms with van der Waals surface area (Å²) in [6.45, 7) is 7.96. The number of ketones is 2. The van der Waals surface area contributed by atoms with Crippen LogP contribution in [0.4, 0.5) is 4.79 Å². The van der Waals surface area contributed by atoms with Crippen LogP contribution in [-0.2, 0) is 19.1 Å². The second-order valence-electron chi connectivity index (χ2n) is 7.13. The Morgan fingerprint density at radius 3 is 2.59 bits per heavy atom. The summed E-state index contributed by atoms with van der Waals surface area (Å²) in [5, 5.41) is 0. The lowest BCUT2D eigenvalue weighted by atomic mass is 9.81. The van der Waals surface area contributed by atoms with E-state index in [0.29, 0.717) is 25.9 Å². The van der Waals surface area contributed by atoms with Crippen molar-refractivity contribution in [1.82, 2.24) is 4.90 Å². The Bertz CT molecular complexity index is 468. The molecule has 1 heterocycles. The number of rotatable bonds is 1. The van der Waals surface area contributed by atoms with Gasteiger partial charge in [-0.1, -0.05) is 0 Å². The fourth-order valence-corrected chi connectivity index (χ4v) is 3.10. The van der Waals surface area contributed by atoms with Crippen molar-refractivity contribution in [1.29, 1.82) is 0 Å². The normalized spacial score (nSPS) is 30.4. The third-order valence-corrected chi connectivity index (χ3v) is 4.08. The van der Waals surface area contributed by atoms with Gasteiger partial charge in [-0.2, -0.15) is 0 Å². The van der Waals surface area contributed by atoms with E-state index in [0.717, 1.165) is 0 Å². The molecule has 0 spiro atoms. The predicted octanol–water partition coefficient (Wildman–Crippen LogP) is 1.95. The molecule has 1 amide bonds. The molecular formula is C16H25NO5. The average molecular weight is 311 g/mol. The number of hydrogen-bond donors (Lipinski definition) is 0. The molecule has 1 saturated heterocycles. The molecule has 3 unspecified atom stereocenters. The Morgan fingerprint density at radius 1 is 1.27 bits per heavy atom. The molecule has 0 bridgehead atoms. The van der Waals surface area contributed by atoms with E-state index in [4.69, 9.17) is 9.47 Å². The van der Waals surface area contributed by atoms with Crippen LogP contribution in [0.3, 0.4) is 0 Å². The number of amides is 1. The average Bonchev–Trinajstić information content (AvgIpc) is 2.39. The lowest BCUT2D eigenvalue weighted by molar-refractivity contribution is -0.145. The first-order chi connectivity index (χ1) is 10.2. The molecule has 2 rings (SSSR count). The van der Waals surface area contributed by atoms with Crippen molar-refractivity contribution < 1.29 is 23.9 Å². The Hall–Kier alpha value is -1.43. The van der Waals surface area contributed by atoms with Crippen molar-refractivity contribution in [2.75, 3.05) is 13.2 Å². The van der Waals surface area contributed by atoms with Gasteiger partial charge in [-0.05, 0) is 40.5 Å². The lowest BCUT2D eigenvalue weighted by Crippen LogP contribution is -2.59. The van der Waals surface area contributed by atoms with Crippen LogP contribution in [0.25, 0.3) is 0 Å². The molecule has 1 saturated carbocycles. The van der Waals surface area contributed by atoms with E-state index in [9.17, 15) is 14.4 Å². The Morgan fingerprint density at radius 2 is 1.95 bits per heavy atom. The summed E-state index contributed by atoms with van der Waals surface area (Å²) in [4.78, 5) is 38.0. The van der Waals surface area contributed by atoms with Gasteiger partial charge in [0.05, 0.1) is 25.3 Å². The number of morpholine rings is 1. The second kappa shape index (κ2) is 6.36. The molecule has 3 atom stereocenters.